The lowest BCUT2D eigenvalue weighted by molar-refractivity contribution is 0.0526. The molecule has 0 aromatic carbocycles. The molecule has 1 aromatic heterocycles. The van der Waals surface area contributed by atoms with Gasteiger partial charge >= 0.3 is 5.97 Å². The molecule has 0 aliphatic heterocycles. The van der Waals surface area contributed by atoms with Crippen molar-refractivity contribution in [2.45, 2.75) is 13.3 Å². The summed E-state index contributed by atoms with van der Waals surface area (Å²) >= 11 is 0. The van der Waals surface area contributed by atoms with Gasteiger partial charge in [-0.2, -0.15) is 0 Å². The van der Waals surface area contributed by atoms with E-state index in [0.717, 1.165) is 6.42 Å². The Morgan fingerprint density at radius 3 is 2.94 bits per heavy atom. The number of esters is 1. The van der Waals surface area contributed by atoms with E-state index in [1.54, 1.807) is 25.1 Å². The van der Waals surface area contributed by atoms with Crippen molar-refractivity contribution in [2.24, 2.45) is 0 Å². The van der Waals surface area contributed by atoms with E-state index < -0.39 is 0 Å². The number of hydrogen-bond acceptors (Lipinski definition) is 4. The summed E-state index contributed by atoms with van der Waals surface area (Å²) in [4.78, 5) is 15.3. The molecule has 0 N–H and O–H groups in total. The minimum absolute atomic E-state index is 0.358. The molecule has 0 fully saturated rings. The van der Waals surface area contributed by atoms with Gasteiger partial charge in [-0.25, -0.2) is 9.78 Å². The van der Waals surface area contributed by atoms with Crippen molar-refractivity contribution in [3.63, 3.8) is 0 Å². The van der Waals surface area contributed by atoms with E-state index in [2.05, 4.69) is 11.6 Å². The molecule has 16 heavy (non-hydrogen) atoms. The second kappa shape index (κ2) is 6.61. The van der Waals surface area contributed by atoms with Gasteiger partial charge in [0.25, 0.3) is 0 Å². The number of aromatic nitrogens is 1. The lowest BCUT2D eigenvalue weighted by Gasteiger charge is -2.04. The van der Waals surface area contributed by atoms with Crippen LogP contribution in [-0.2, 0) is 4.74 Å². The molecule has 0 saturated heterocycles. The smallest absolute Gasteiger partial charge is 0.339 e. The van der Waals surface area contributed by atoms with Gasteiger partial charge in [0, 0.05) is 12.3 Å². The van der Waals surface area contributed by atoms with Gasteiger partial charge in [-0.3, -0.25) is 0 Å². The van der Waals surface area contributed by atoms with Crippen molar-refractivity contribution in [1.82, 2.24) is 4.98 Å². The summed E-state index contributed by atoms with van der Waals surface area (Å²) < 4.78 is 10.1. The predicted octanol–water partition coefficient (Wildman–Crippen LogP) is 2.21. The largest absolute Gasteiger partial charge is 0.477 e. The molecule has 0 unspecified atom stereocenters. The number of pyridine rings is 1. The zero-order valence-corrected chi connectivity index (χ0v) is 9.31. The molecule has 4 nitrogen and oxygen atoms in total. The number of hydrogen-bond donors (Lipinski definition) is 0. The molecule has 0 atom stereocenters. The van der Waals surface area contributed by atoms with Gasteiger partial charge in [-0.1, -0.05) is 6.08 Å². The summed E-state index contributed by atoms with van der Waals surface area (Å²) in [6, 6.07) is 3.28. The quantitative estimate of drug-likeness (QED) is 0.420. The van der Waals surface area contributed by atoms with E-state index in [1.807, 2.05) is 0 Å². The van der Waals surface area contributed by atoms with Gasteiger partial charge in [0.05, 0.1) is 18.8 Å². The van der Waals surface area contributed by atoms with E-state index in [4.69, 9.17) is 9.47 Å². The van der Waals surface area contributed by atoms with Crippen LogP contribution >= 0.6 is 0 Å². The van der Waals surface area contributed by atoms with Crippen molar-refractivity contribution >= 4 is 5.97 Å². The van der Waals surface area contributed by atoms with Gasteiger partial charge in [0.1, 0.15) is 0 Å². The van der Waals surface area contributed by atoms with Crippen molar-refractivity contribution in [3.05, 3.63) is 36.5 Å². The van der Waals surface area contributed by atoms with Crippen molar-refractivity contribution in [1.29, 1.82) is 0 Å². The van der Waals surface area contributed by atoms with Gasteiger partial charge in [0.15, 0.2) is 0 Å². The van der Waals surface area contributed by atoms with Crippen LogP contribution in [0.3, 0.4) is 0 Å². The number of carbonyl (C=O) groups is 1. The first-order valence-corrected chi connectivity index (χ1v) is 5.14. The van der Waals surface area contributed by atoms with Crippen LogP contribution < -0.4 is 4.74 Å². The van der Waals surface area contributed by atoms with E-state index in [9.17, 15) is 4.79 Å². The molecule has 86 valence electrons. The summed E-state index contributed by atoms with van der Waals surface area (Å²) in [5.41, 5.74) is 0.429. The summed E-state index contributed by atoms with van der Waals surface area (Å²) in [6.45, 7) is 6.24. The summed E-state index contributed by atoms with van der Waals surface area (Å²) in [5, 5.41) is 0. The Morgan fingerprint density at radius 1 is 1.56 bits per heavy atom. The molecule has 0 saturated carbocycles. The van der Waals surface area contributed by atoms with E-state index in [-0.39, 0.29) is 5.97 Å². The highest BCUT2D eigenvalue weighted by Gasteiger charge is 2.06. The summed E-state index contributed by atoms with van der Waals surface area (Å²) in [7, 11) is 0. The monoisotopic (exact) mass is 221 g/mol. The number of nitrogens with zero attached hydrogens (tertiary/aromatic N) is 1. The minimum Gasteiger partial charge on any atom is -0.477 e. The van der Waals surface area contributed by atoms with Crippen LogP contribution in [0, 0.1) is 0 Å². The molecule has 0 spiro atoms. The van der Waals surface area contributed by atoms with Crippen molar-refractivity contribution in [3.8, 4) is 5.88 Å². The zero-order chi connectivity index (χ0) is 11.8. The maximum absolute atomic E-state index is 11.3. The average molecular weight is 221 g/mol. The van der Waals surface area contributed by atoms with E-state index in [1.165, 1.54) is 6.20 Å². The van der Waals surface area contributed by atoms with E-state index in [0.29, 0.717) is 24.7 Å². The lowest BCUT2D eigenvalue weighted by atomic mass is 10.3. The average Bonchev–Trinajstić information content (AvgIpc) is 2.30. The van der Waals surface area contributed by atoms with Crippen LogP contribution in [0.25, 0.3) is 0 Å². The Hall–Kier alpha value is -1.84. The Bertz CT molecular complexity index is 346. The van der Waals surface area contributed by atoms with Crippen LogP contribution in [0.1, 0.15) is 23.7 Å². The molecule has 1 aromatic rings. The highest BCUT2D eigenvalue weighted by molar-refractivity contribution is 5.89. The Kier molecular flexibility index (Phi) is 5.05. The van der Waals surface area contributed by atoms with Gasteiger partial charge in [0.2, 0.25) is 5.88 Å². The molecule has 1 rings (SSSR count). The van der Waals surface area contributed by atoms with Crippen LogP contribution in [0.5, 0.6) is 5.88 Å². The highest BCUT2D eigenvalue weighted by Crippen LogP contribution is 2.08. The van der Waals surface area contributed by atoms with Crippen molar-refractivity contribution in [2.75, 3.05) is 13.2 Å². The first-order chi connectivity index (χ1) is 7.77. The second-order valence-corrected chi connectivity index (χ2v) is 3.03. The Labute approximate surface area is 94.9 Å². The molecular weight excluding hydrogens is 206 g/mol. The summed E-state index contributed by atoms with van der Waals surface area (Å²) in [6.07, 6.45) is 3.98. The fourth-order valence-electron chi connectivity index (χ4n) is 1.05. The molecule has 0 amide bonds. The first-order valence-electron chi connectivity index (χ1n) is 5.14. The molecule has 0 aliphatic carbocycles. The SMILES string of the molecule is C=CCCOc1ccc(C(=O)OCC)cn1. The van der Waals surface area contributed by atoms with E-state index >= 15 is 0 Å². The standard InChI is InChI=1S/C12H15NO3/c1-3-5-8-16-11-7-6-10(9-13-11)12(14)15-4-2/h3,6-7,9H,1,4-5,8H2,2H3. The third-order valence-electron chi connectivity index (χ3n) is 1.82. The van der Waals surface area contributed by atoms with Crippen LogP contribution in [0.4, 0.5) is 0 Å². The maximum atomic E-state index is 11.3. The maximum Gasteiger partial charge on any atom is 0.339 e. The Balaban J connectivity index is 2.53. The Morgan fingerprint density at radius 2 is 2.38 bits per heavy atom. The topological polar surface area (TPSA) is 48.4 Å². The number of ether oxygens (including phenoxy) is 2. The van der Waals surface area contributed by atoms with Crippen LogP contribution in [-0.4, -0.2) is 24.2 Å². The third-order valence-corrected chi connectivity index (χ3v) is 1.82. The van der Waals surface area contributed by atoms with Crippen molar-refractivity contribution < 1.29 is 14.3 Å². The van der Waals surface area contributed by atoms with Crippen LogP contribution in [0.2, 0.25) is 0 Å². The molecular formula is C12H15NO3. The normalized spacial score (nSPS) is 9.56. The highest BCUT2D eigenvalue weighted by atomic mass is 16.5. The molecule has 1 heterocycles. The minimum atomic E-state index is -0.368. The van der Waals surface area contributed by atoms with Gasteiger partial charge in [-0.15, -0.1) is 6.58 Å². The van der Waals surface area contributed by atoms with Crippen LogP contribution in [0.15, 0.2) is 31.0 Å². The zero-order valence-electron chi connectivity index (χ0n) is 9.31. The number of carbonyl (C=O) groups excluding carboxylic acids is 1. The first kappa shape index (κ1) is 12.2. The fraction of sp³-hybridized carbons (Fsp3) is 0.333. The molecule has 0 bridgehead atoms. The van der Waals surface area contributed by atoms with Gasteiger partial charge < -0.3 is 9.47 Å². The predicted molar refractivity (Wildman–Crippen MR) is 60.5 cm³/mol. The second-order valence-electron chi connectivity index (χ2n) is 3.03. The lowest BCUT2D eigenvalue weighted by Crippen LogP contribution is -2.05. The number of rotatable bonds is 6. The third kappa shape index (κ3) is 3.73. The molecule has 0 radical (unpaired) electrons. The molecule has 4 heteroatoms. The fourth-order valence-corrected chi connectivity index (χ4v) is 1.05. The molecule has 0 aliphatic rings. The van der Waals surface area contributed by atoms with Gasteiger partial charge in [-0.05, 0) is 19.4 Å². The summed E-state index contributed by atoms with van der Waals surface area (Å²) in [5.74, 6) is 0.127.